The molecule has 10 heavy (non-hydrogen) atoms. The van der Waals surface area contributed by atoms with Crippen LogP contribution in [0.1, 0.15) is 12.8 Å². The number of ether oxygens (including phenoxy) is 1. The second-order valence-corrected chi connectivity index (χ2v) is 2.59. The molecule has 0 bridgehead atoms. The average Bonchev–Trinajstić information content (AvgIpc) is 2.03. The molecule has 1 radical (unpaired) electrons. The van der Waals surface area contributed by atoms with Crippen molar-refractivity contribution >= 4 is 6.47 Å². The first kappa shape index (κ1) is 7.54. The number of hydrogen-bond acceptors (Lipinski definition) is 3. The lowest BCUT2D eigenvalue weighted by molar-refractivity contribution is 0.195. The summed E-state index contributed by atoms with van der Waals surface area (Å²) in [5.41, 5.74) is 0. The van der Waals surface area contributed by atoms with E-state index in [4.69, 9.17) is 0 Å². The van der Waals surface area contributed by atoms with E-state index in [0.29, 0.717) is 12.5 Å². The molecule has 1 aliphatic rings. The summed E-state index contributed by atoms with van der Waals surface area (Å²) >= 11 is 0. The van der Waals surface area contributed by atoms with E-state index in [-0.39, 0.29) is 0 Å². The minimum atomic E-state index is 0.547. The van der Waals surface area contributed by atoms with Gasteiger partial charge in [-0.05, 0) is 31.8 Å². The van der Waals surface area contributed by atoms with Gasteiger partial charge >= 0.3 is 6.47 Å². The van der Waals surface area contributed by atoms with Gasteiger partial charge in [-0.3, -0.25) is 0 Å². The van der Waals surface area contributed by atoms with Crippen molar-refractivity contribution in [1.82, 2.24) is 5.32 Å². The highest BCUT2D eigenvalue weighted by molar-refractivity contribution is 5.38. The maximum Gasteiger partial charge on any atom is 0.417 e. The maximum absolute atomic E-state index is 9.68. The normalized spacial score (nSPS) is 20.4. The standard InChI is InChI=1S/C7H12NO2/c9-6-10-5-7-1-3-8-4-2-7/h7-8H,1-5H2. The molecule has 0 aliphatic carbocycles. The summed E-state index contributed by atoms with van der Waals surface area (Å²) in [6.45, 7) is 4.09. The van der Waals surface area contributed by atoms with E-state index in [1.54, 1.807) is 0 Å². The molecule has 0 unspecified atom stereocenters. The van der Waals surface area contributed by atoms with Crippen molar-refractivity contribution in [2.45, 2.75) is 12.8 Å². The van der Waals surface area contributed by atoms with Crippen molar-refractivity contribution in [3.05, 3.63) is 0 Å². The number of carbonyl (C=O) groups excluding carboxylic acids is 1. The lowest BCUT2D eigenvalue weighted by atomic mass is 10.00. The van der Waals surface area contributed by atoms with E-state index in [1.165, 1.54) is 6.47 Å². The number of rotatable bonds is 3. The molecule has 0 amide bonds. The fraction of sp³-hybridized carbons (Fsp3) is 0.857. The fourth-order valence-corrected chi connectivity index (χ4v) is 1.20. The summed E-state index contributed by atoms with van der Waals surface area (Å²) in [5, 5.41) is 3.24. The fourth-order valence-electron chi connectivity index (χ4n) is 1.20. The van der Waals surface area contributed by atoms with Gasteiger partial charge in [0, 0.05) is 0 Å². The second kappa shape index (κ2) is 4.28. The van der Waals surface area contributed by atoms with E-state index in [2.05, 4.69) is 10.1 Å². The Labute approximate surface area is 60.7 Å². The van der Waals surface area contributed by atoms with Crippen molar-refractivity contribution in [1.29, 1.82) is 0 Å². The highest BCUT2D eigenvalue weighted by Crippen LogP contribution is 2.10. The number of hydrogen-bond donors (Lipinski definition) is 1. The van der Waals surface area contributed by atoms with Crippen LogP contribution in [0.25, 0.3) is 0 Å². The molecule has 3 heteroatoms. The maximum atomic E-state index is 9.68. The molecular formula is C7H12NO2. The van der Waals surface area contributed by atoms with Crippen molar-refractivity contribution in [3.63, 3.8) is 0 Å². The van der Waals surface area contributed by atoms with Gasteiger partial charge in [0.15, 0.2) is 0 Å². The van der Waals surface area contributed by atoms with Gasteiger partial charge < -0.3 is 10.1 Å². The lowest BCUT2D eigenvalue weighted by Gasteiger charge is -2.20. The van der Waals surface area contributed by atoms with E-state index in [0.717, 1.165) is 25.9 Å². The largest absolute Gasteiger partial charge is 0.457 e. The van der Waals surface area contributed by atoms with Crippen LogP contribution in [0.2, 0.25) is 0 Å². The summed E-state index contributed by atoms with van der Waals surface area (Å²) in [6, 6.07) is 0. The van der Waals surface area contributed by atoms with Gasteiger partial charge in [0.05, 0.1) is 6.61 Å². The van der Waals surface area contributed by atoms with Gasteiger partial charge in [0.2, 0.25) is 0 Å². The van der Waals surface area contributed by atoms with Crippen LogP contribution in [0.3, 0.4) is 0 Å². The molecule has 0 saturated carbocycles. The predicted molar refractivity (Wildman–Crippen MR) is 37.2 cm³/mol. The van der Waals surface area contributed by atoms with Crippen molar-refractivity contribution in [3.8, 4) is 0 Å². The first-order valence-corrected chi connectivity index (χ1v) is 3.63. The first-order chi connectivity index (χ1) is 4.93. The number of piperidine rings is 1. The van der Waals surface area contributed by atoms with Crippen LogP contribution in [0.4, 0.5) is 0 Å². The zero-order chi connectivity index (χ0) is 7.23. The topological polar surface area (TPSA) is 38.3 Å². The predicted octanol–water partition coefficient (Wildman–Crippen LogP) is 0.0698. The molecule has 0 atom stereocenters. The first-order valence-electron chi connectivity index (χ1n) is 3.63. The smallest absolute Gasteiger partial charge is 0.417 e. The molecule has 1 aliphatic heterocycles. The van der Waals surface area contributed by atoms with E-state index >= 15 is 0 Å². The van der Waals surface area contributed by atoms with Crippen LogP contribution >= 0.6 is 0 Å². The van der Waals surface area contributed by atoms with Crippen LogP contribution in [0.5, 0.6) is 0 Å². The third-order valence-corrected chi connectivity index (χ3v) is 1.84. The van der Waals surface area contributed by atoms with Crippen LogP contribution in [0, 0.1) is 5.92 Å². The highest BCUT2D eigenvalue weighted by Gasteiger charge is 2.12. The van der Waals surface area contributed by atoms with Crippen LogP contribution in [0.15, 0.2) is 0 Å². The molecule has 0 spiro atoms. The van der Waals surface area contributed by atoms with Crippen LogP contribution in [-0.4, -0.2) is 26.2 Å². The zero-order valence-electron chi connectivity index (χ0n) is 5.93. The third kappa shape index (κ3) is 2.35. The zero-order valence-corrected chi connectivity index (χ0v) is 5.93. The Hall–Kier alpha value is -0.570. The Morgan fingerprint density at radius 2 is 2.20 bits per heavy atom. The van der Waals surface area contributed by atoms with Gasteiger partial charge in [0.25, 0.3) is 0 Å². The van der Waals surface area contributed by atoms with Gasteiger partial charge in [-0.2, -0.15) is 0 Å². The van der Waals surface area contributed by atoms with Gasteiger partial charge in [0.1, 0.15) is 0 Å². The Bertz CT molecular complexity index is 99.8. The SMILES string of the molecule is O=[C]OCC1CCNCC1. The summed E-state index contributed by atoms with van der Waals surface area (Å²) < 4.78 is 4.54. The Balaban J connectivity index is 2.07. The lowest BCUT2D eigenvalue weighted by Crippen LogP contribution is -2.29. The molecule has 1 N–H and O–H groups in total. The molecule has 1 saturated heterocycles. The number of nitrogens with one attached hydrogen (secondary N) is 1. The molecule has 0 aromatic rings. The second-order valence-electron chi connectivity index (χ2n) is 2.59. The van der Waals surface area contributed by atoms with E-state index in [1.807, 2.05) is 0 Å². The molecular weight excluding hydrogens is 130 g/mol. The van der Waals surface area contributed by atoms with Gasteiger partial charge in [-0.1, -0.05) is 0 Å². The molecule has 0 aromatic heterocycles. The minimum Gasteiger partial charge on any atom is -0.457 e. The van der Waals surface area contributed by atoms with Gasteiger partial charge in [-0.25, -0.2) is 4.79 Å². The molecule has 1 rings (SSSR count). The summed E-state index contributed by atoms with van der Waals surface area (Å²) in [6.07, 6.45) is 2.23. The minimum absolute atomic E-state index is 0.547. The molecule has 0 aromatic carbocycles. The van der Waals surface area contributed by atoms with E-state index < -0.39 is 0 Å². The molecule has 3 nitrogen and oxygen atoms in total. The van der Waals surface area contributed by atoms with Gasteiger partial charge in [-0.15, -0.1) is 0 Å². The van der Waals surface area contributed by atoms with Crippen LogP contribution < -0.4 is 5.32 Å². The summed E-state index contributed by atoms with van der Waals surface area (Å²) in [4.78, 5) is 9.68. The van der Waals surface area contributed by atoms with Crippen molar-refractivity contribution in [2.24, 2.45) is 5.92 Å². The Morgan fingerprint density at radius 3 is 2.80 bits per heavy atom. The molecule has 1 fully saturated rings. The Morgan fingerprint density at radius 1 is 1.50 bits per heavy atom. The van der Waals surface area contributed by atoms with Crippen molar-refractivity contribution < 1.29 is 9.53 Å². The van der Waals surface area contributed by atoms with Crippen molar-refractivity contribution in [2.75, 3.05) is 19.7 Å². The molecule has 1 heterocycles. The molecule has 57 valence electrons. The Kier molecular flexibility index (Phi) is 3.22. The summed E-state index contributed by atoms with van der Waals surface area (Å²) in [5.74, 6) is 0.558. The summed E-state index contributed by atoms with van der Waals surface area (Å²) in [7, 11) is 0. The third-order valence-electron chi connectivity index (χ3n) is 1.84. The highest BCUT2D eigenvalue weighted by atomic mass is 16.5. The average molecular weight is 142 g/mol. The monoisotopic (exact) mass is 142 g/mol. The van der Waals surface area contributed by atoms with Crippen LogP contribution in [-0.2, 0) is 9.53 Å². The quantitative estimate of drug-likeness (QED) is 0.606. The van der Waals surface area contributed by atoms with E-state index in [9.17, 15) is 4.79 Å².